The first kappa shape index (κ1) is 11.4. The maximum atomic E-state index is 5.24. The predicted octanol–water partition coefficient (Wildman–Crippen LogP) is 1.91. The van der Waals surface area contributed by atoms with Crippen LogP contribution in [0, 0.1) is 0 Å². The second kappa shape index (κ2) is 5.93. The van der Waals surface area contributed by atoms with E-state index in [1.54, 1.807) is 0 Å². The van der Waals surface area contributed by atoms with Gasteiger partial charge in [0.2, 0.25) is 0 Å². The Morgan fingerprint density at radius 3 is 2.67 bits per heavy atom. The lowest BCUT2D eigenvalue weighted by Crippen LogP contribution is -2.24. The van der Waals surface area contributed by atoms with Crippen LogP contribution in [0.2, 0.25) is 0 Å². The van der Waals surface area contributed by atoms with Crippen molar-refractivity contribution in [2.45, 2.75) is 6.92 Å². The highest BCUT2D eigenvalue weighted by atomic mass is 32.1. The Hall–Kier alpha value is -1.68. The molecule has 0 saturated heterocycles. The Balaban J connectivity index is 2.58. The predicted molar refractivity (Wildman–Crippen MR) is 68.5 cm³/mol. The zero-order valence-electron chi connectivity index (χ0n) is 8.47. The number of nitrogens with two attached hydrogens (primary N) is 1. The summed E-state index contributed by atoms with van der Waals surface area (Å²) in [5.74, 6) is 0. The summed E-state index contributed by atoms with van der Waals surface area (Å²) < 4.78 is 0. The molecule has 0 aliphatic carbocycles. The molecule has 0 unspecified atom stereocenters. The first-order valence-corrected chi connectivity index (χ1v) is 4.92. The van der Waals surface area contributed by atoms with E-state index in [2.05, 4.69) is 22.7 Å². The van der Waals surface area contributed by atoms with Crippen molar-refractivity contribution >= 4 is 29.1 Å². The van der Waals surface area contributed by atoms with Crippen molar-refractivity contribution < 1.29 is 0 Å². The molecular weight excluding hydrogens is 206 g/mol. The first-order valence-electron chi connectivity index (χ1n) is 4.51. The molecule has 78 valence electrons. The molecule has 0 atom stereocenters. The number of hydrogen-bond donors (Lipinski definition) is 2. The Bertz CT molecular complexity index is 382. The van der Waals surface area contributed by atoms with Crippen molar-refractivity contribution in [1.29, 1.82) is 0 Å². The van der Waals surface area contributed by atoms with Crippen LogP contribution in [-0.4, -0.2) is 10.8 Å². The van der Waals surface area contributed by atoms with Gasteiger partial charge in [-0.2, -0.15) is 5.10 Å². The van der Waals surface area contributed by atoms with E-state index in [0.717, 1.165) is 11.3 Å². The van der Waals surface area contributed by atoms with E-state index in [1.165, 1.54) is 0 Å². The summed E-state index contributed by atoms with van der Waals surface area (Å²) >= 11 is 4.63. The van der Waals surface area contributed by atoms with Crippen LogP contribution >= 0.6 is 12.2 Å². The van der Waals surface area contributed by atoms with Gasteiger partial charge in [-0.25, -0.2) is 0 Å². The van der Waals surface area contributed by atoms with Gasteiger partial charge in [0.15, 0.2) is 5.11 Å². The number of benzene rings is 1. The zero-order chi connectivity index (χ0) is 11.1. The largest absolute Gasteiger partial charge is 0.375 e. The van der Waals surface area contributed by atoms with Crippen molar-refractivity contribution in [2.24, 2.45) is 10.8 Å². The Morgan fingerprint density at radius 1 is 1.40 bits per heavy atom. The fourth-order valence-corrected chi connectivity index (χ4v) is 1.01. The Morgan fingerprint density at radius 2 is 2.07 bits per heavy atom. The number of hydrazone groups is 1. The van der Waals surface area contributed by atoms with E-state index in [0.29, 0.717) is 0 Å². The van der Waals surface area contributed by atoms with Crippen molar-refractivity contribution in [3.63, 3.8) is 0 Å². The molecule has 0 saturated carbocycles. The summed E-state index contributed by atoms with van der Waals surface area (Å²) in [6, 6.07) is 9.99. The molecule has 4 heteroatoms. The molecule has 0 heterocycles. The quantitative estimate of drug-likeness (QED) is 0.464. The van der Waals surface area contributed by atoms with Gasteiger partial charge >= 0.3 is 0 Å². The van der Waals surface area contributed by atoms with E-state index < -0.39 is 0 Å². The van der Waals surface area contributed by atoms with Gasteiger partial charge in [-0.15, -0.1) is 0 Å². The van der Waals surface area contributed by atoms with Crippen LogP contribution in [0.3, 0.4) is 0 Å². The van der Waals surface area contributed by atoms with Crippen molar-refractivity contribution in [1.82, 2.24) is 5.43 Å². The number of nitrogens with zero attached hydrogens (tertiary/aromatic N) is 1. The minimum atomic E-state index is 0.169. The lowest BCUT2D eigenvalue weighted by atomic mass is 10.2. The smallest absolute Gasteiger partial charge is 0.184 e. The van der Waals surface area contributed by atoms with Crippen LogP contribution in [0.4, 0.5) is 0 Å². The third-order valence-electron chi connectivity index (χ3n) is 1.66. The maximum Gasteiger partial charge on any atom is 0.184 e. The van der Waals surface area contributed by atoms with Gasteiger partial charge < -0.3 is 5.73 Å². The maximum absolute atomic E-state index is 5.24. The molecule has 0 aliphatic rings. The van der Waals surface area contributed by atoms with Crippen LogP contribution in [0.5, 0.6) is 0 Å². The molecule has 0 aliphatic heterocycles. The number of allylic oxidation sites excluding steroid dienone is 1. The standard InChI is InChI=1S/C11H13N3S/c1-9(13-14-11(12)15)7-8-10-5-3-2-4-6-10/h2-8H,1H3,(H3,12,14,15)/b8-7-,13-9-. The van der Waals surface area contributed by atoms with E-state index >= 15 is 0 Å². The van der Waals surface area contributed by atoms with Crippen LogP contribution in [-0.2, 0) is 0 Å². The van der Waals surface area contributed by atoms with Crippen LogP contribution in [0.25, 0.3) is 6.08 Å². The molecule has 15 heavy (non-hydrogen) atoms. The number of rotatable bonds is 3. The van der Waals surface area contributed by atoms with Crippen molar-refractivity contribution in [3.8, 4) is 0 Å². The Labute approximate surface area is 94.7 Å². The molecule has 0 spiro atoms. The lowest BCUT2D eigenvalue weighted by Gasteiger charge is -1.96. The van der Waals surface area contributed by atoms with E-state index in [-0.39, 0.29) is 5.11 Å². The third-order valence-corrected chi connectivity index (χ3v) is 1.75. The molecule has 3 nitrogen and oxygen atoms in total. The van der Waals surface area contributed by atoms with Gasteiger partial charge in [0.25, 0.3) is 0 Å². The molecule has 3 N–H and O–H groups in total. The minimum Gasteiger partial charge on any atom is -0.375 e. The van der Waals surface area contributed by atoms with E-state index in [1.807, 2.05) is 49.4 Å². The second-order valence-electron chi connectivity index (χ2n) is 2.97. The van der Waals surface area contributed by atoms with Gasteiger partial charge in [-0.3, -0.25) is 5.43 Å². The SMILES string of the molecule is CC(/C=C\c1ccccc1)=N/NC(N)=S. The van der Waals surface area contributed by atoms with Crippen molar-refractivity contribution in [3.05, 3.63) is 42.0 Å². The van der Waals surface area contributed by atoms with Gasteiger partial charge in [0.05, 0.1) is 5.71 Å². The first-order chi connectivity index (χ1) is 7.18. The summed E-state index contributed by atoms with van der Waals surface area (Å²) in [6.45, 7) is 1.87. The summed E-state index contributed by atoms with van der Waals surface area (Å²) in [5.41, 5.74) is 9.70. The Kier molecular flexibility index (Phi) is 4.50. The minimum absolute atomic E-state index is 0.169. The third kappa shape index (κ3) is 4.93. The fourth-order valence-electron chi connectivity index (χ4n) is 0.962. The molecule has 1 aromatic rings. The summed E-state index contributed by atoms with van der Waals surface area (Å²) in [4.78, 5) is 0. The highest BCUT2D eigenvalue weighted by molar-refractivity contribution is 7.80. The summed E-state index contributed by atoms with van der Waals surface area (Å²) in [5, 5.41) is 4.12. The topological polar surface area (TPSA) is 50.4 Å². The van der Waals surface area contributed by atoms with Crippen molar-refractivity contribution in [2.75, 3.05) is 0 Å². The molecule has 0 bridgehead atoms. The fraction of sp³-hybridized carbons (Fsp3) is 0.0909. The van der Waals surface area contributed by atoms with Crippen LogP contribution in [0.1, 0.15) is 12.5 Å². The van der Waals surface area contributed by atoms with Crippen LogP contribution in [0.15, 0.2) is 41.5 Å². The highest BCUT2D eigenvalue weighted by Crippen LogP contribution is 2.00. The molecule has 1 aromatic carbocycles. The van der Waals surface area contributed by atoms with Gasteiger partial charge in [-0.05, 0) is 30.8 Å². The highest BCUT2D eigenvalue weighted by Gasteiger charge is 1.86. The monoisotopic (exact) mass is 219 g/mol. The molecule has 0 fully saturated rings. The molecule has 0 radical (unpaired) electrons. The molecule has 1 rings (SSSR count). The van der Waals surface area contributed by atoms with Gasteiger partial charge in [-0.1, -0.05) is 36.4 Å². The molecule has 0 amide bonds. The van der Waals surface area contributed by atoms with Gasteiger partial charge in [0, 0.05) is 0 Å². The van der Waals surface area contributed by atoms with E-state index in [4.69, 9.17) is 5.73 Å². The molecule has 0 aromatic heterocycles. The number of hydrogen-bond acceptors (Lipinski definition) is 2. The summed E-state index contributed by atoms with van der Waals surface area (Å²) in [7, 11) is 0. The summed E-state index contributed by atoms with van der Waals surface area (Å²) in [6.07, 6.45) is 3.86. The number of thiocarbonyl (C=S) groups is 1. The molecular formula is C11H13N3S. The van der Waals surface area contributed by atoms with E-state index in [9.17, 15) is 0 Å². The lowest BCUT2D eigenvalue weighted by molar-refractivity contribution is 1.03. The van der Waals surface area contributed by atoms with Crippen LogP contribution < -0.4 is 11.2 Å². The number of nitrogens with one attached hydrogen (secondary N) is 1. The zero-order valence-corrected chi connectivity index (χ0v) is 9.29. The average Bonchev–Trinajstić information content (AvgIpc) is 2.25. The second-order valence-corrected chi connectivity index (χ2v) is 3.41. The van der Waals surface area contributed by atoms with Gasteiger partial charge in [0.1, 0.15) is 0 Å². The average molecular weight is 219 g/mol. The normalized spacial score (nSPS) is 11.7.